The first kappa shape index (κ1) is 16.7. The van der Waals surface area contributed by atoms with Crippen LogP contribution in [0.2, 0.25) is 0 Å². The van der Waals surface area contributed by atoms with Crippen molar-refractivity contribution in [1.82, 2.24) is 5.32 Å². The third-order valence-corrected chi connectivity index (χ3v) is 7.00. The fourth-order valence-electron chi connectivity index (χ4n) is 6.20. The summed E-state index contributed by atoms with van der Waals surface area (Å²) in [6.45, 7) is 2.21. The van der Waals surface area contributed by atoms with Crippen LogP contribution in [0, 0.1) is 23.2 Å². The number of hydrogen-bond donors (Lipinski definition) is 1. The number of benzene rings is 1. The summed E-state index contributed by atoms with van der Waals surface area (Å²) >= 11 is 0. The Labute approximate surface area is 150 Å². The van der Waals surface area contributed by atoms with Crippen LogP contribution in [0.1, 0.15) is 55.8 Å². The SMILES string of the molecule is COc1cccc(C(=O)N[C@@H](C)C23CC4CC(CC(C4)C2)C3)c1OC. The molecule has 0 spiro atoms. The normalized spacial score (nSPS) is 33.8. The van der Waals surface area contributed by atoms with Crippen molar-refractivity contribution in [2.45, 2.75) is 51.5 Å². The maximum absolute atomic E-state index is 12.9. The summed E-state index contributed by atoms with van der Waals surface area (Å²) in [5.74, 6) is 3.71. The molecule has 1 N–H and O–H groups in total. The molecule has 4 saturated carbocycles. The molecule has 4 bridgehead atoms. The molecule has 136 valence electrons. The van der Waals surface area contributed by atoms with Crippen molar-refractivity contribution < 1.29 is 14.3 Å². The summed E-state index contributed by atoms with van der Waals surface area (Å²) in [7, 11) is 3.18. The van der Waals surface area contributed by atoms with Gasteiger partial charge in [-0.2, -0.15) is 0 Å². The monoisotopic (exact) mass is 343 g/mol. The van der Waals surface area contributed by atoms with Gasteiger partial charge in [-0.25, -0.2) is 0 Å². The molecule has 1 atom stereocenters. The molecule has 0 saturated heterocycles. The topological polar surface area (TPSA) is 47.6 Å². The number of carbonyl (C=O) groups is 1. The van der Waals surface area contributed by atoms with E-state index in [0.717, 1.165) is 17.8 Å². The molecule has 4 nitrogen and oxygen atoms in total. The third-order valence-electron chi connectivity index (χ3n) is 7.00. The summed E-state index contributed by atoms with van der Waals surface area (Å²) in [6.07, 6.45) is 8.12. The molecule has 0 heterocycles. The van der Waals surface area contributed by atoms with Gasteiger partial charge in [0.15, 0.2) is 11.5 Å². The molecule has 0 radical (unpaired) electrons. The molecule has 4 heteroatoms. The van der Waals surface area contributed by atoms with E-state index < -0.39 is 0 Å². The molecule has 1 aromatic carbocycles. The Morgan fingerprint density at radius 3 is 2.20 bits per heavy atom. The number of nitrogens with one attached hydrogen (secondary N) is 1. The maximum atomic E-state index is 12.9. The molecule has 1 aromatic rings. The van der Waals surface area contributed by atoms with Gasteiger partial charge in [0.2, 0.25) is 0 Å². The second kappa shape index (κ2) is 6.22. The van der Waals surface area contributed by atoms with E-state index in [9.17, 15) is 4.79 Å². The number of hydrogen-bond acceptors (Lipinski definition) is 3. The number of rotatable bonds is 5. The molecule has 0 unspecified atom stereocenters. The van der Waals surface area contributed by atoms with Crippen molar-refractivity contribution >= 4 is 5.91 Å². The highest BCUT2D eigenvalue weighted by Crippen LogP contribution is 2.61. The number of methoxy groups -OCH3 is 2. The van der Waals surface area contributed by atoms with Crippen molar-refractivity contribution in [2.24, 2.45) is 23.2 Å². The Morgan fingerprint density at radius 2 is 1.68 bits per heavy atom. The average Bonchev–Trinajstić information content (AvgIpc) is 2.59. The number of amides is 1. The van der Waals surface area contributed by atoms with Crippen LogP contribution in [0.5, 0.6) is 11.5 Å². The van der Waals surface area contributed by atoms with Crippen LogP contribution in [-0.4, -0.2) is 26.2 Å². The standard InChI is InChI=1S/C21H29NO3/c1-13(21-10-14-7-15(11-21)9-16(8-14)12-21)22-20(23)17-5-4-6-18(24-2)19(17)25-3/h4-6,13-16H,7-12H2,1-3H3,(H,22,23)/t13-,14?,15?,16?,21?/m0/s1. The Kier molecular flexibility index (Phi) is 4.17. The Bertz CT molecular complexity index is 634. The predicted molar refractivity (Wildman–Crippen MR) is 97.1 cm³/mol. The first-order valence-electron chi connectivity index (χ1n) is 9.56. The van der Waals surface area contributed by atoms with Gasteiger partial charge >= 0.3 is 0 Å². The van der Waals surface area contributed by atoms with E-state index in [1.165, 1.54) is 38.5 Å². The maximum Gasteiger partial charge on any atom is 0.255 e. The average molecular weight is 343 g/mol. The summed E-state index contributed by atoms with van der Waals surface area (Å²) < 4.78 is 10.8. The molecule has 1 amide bonds. The van der Waals surface area contributed by atoms with E-state index in [0.29, 0.717) is 22.5 Å². The first-order chi connectivity index (χ1) is 12.0. The highest BCUT2D eigenvalue weighted by Gasteiger charge is 2.53. The quantitative estimate of drug-likeness (QED) is 0.878. The smallest absolute Gasteiger partial charge is 0.255 e. The van der Waals surface area contributed by atoms with Gasteiger partial charge in [-0.3, -0.25) is 4.79 Å². The van der Waals surface area contributed by atoms with Crippen molar-refractivity contribution in [3.63, 3.8) is 0 Å². The molecule has 4 aliphatic carbocycles. The molecule has 4 fully saturated rings. The van der Waals surface area contributed by atoms with Gasteiger partial charge in [0.05, 0.1) is 19.8 Å². The zero-order valence-electron chi connectivity index (χ0n) is 15.5. The minimum atomic E-state index is -0.0565. The predicted octanol–water partition coefficient (Wildman–Crippen LogP) is 4.04. The van der Waals surface area contributed by atoms with Crippen LogP contribution in [0.3, 0.4) is 0 Å². The first-order valence-corrected chi connectivity index (χ1v) is 9.56. The minimum Gasteiger partial charge on any atom is -0.493 e. The summed E-state index contributed by atoms with van der Waals surface area (Å²) in [4.78, 5) is 12.9. The highest BCUT2D eigenvalue weighted by molar-refractivity contribution is 5.98. The molecule has 5 rings (SSSR count). The van der Waals surface area contributed by atoms with E-state index >= 15 is 0 Å². The lowest BCUT2D eigenvalue weighted by Crippen LogP contribution is -2.55. The zero-order valence-corrected chi connectivity index (χ0v) is 15.5. The zero-order chi connectivity index (χ0) is 17.6. The molecule has 25 heavy (non-hydrogen) atoms. The Hall–Kier alpha value is -1.71. The minimum absolute atomic E-state index is 0.0565. The van der Waals surface area contributed by atoms with Crippen LogP contribution in [0.15, 0.2) is 18.2 Å². The van der Waals surface area contributed by atoms with E-state index in [4.69, 9.17) is 9.47 Å². The lowest BCUT2D eigenvalue weighted by molar-refractivity contribution is -0.0688. The number of carbonyl (C=O) groups excluding carboxylic acids is 1. The van der Waals surface area contributed by atoms with E-state index in [2.05, 4.69) is 12.2 Å². The second-order valence-corrected chi connectivity index (χ2v) is 8.52. The van der Waals surface area contributed by atoms with Crippen LogP contribution in [0.25, 0.3) is 0 Å². The van der Waals surface area contributed by atoms with Crippen LogP contribution >= 0.6 is 0 Å². The van der Waals surface area contributed by atoms with Crippen molar-refractivity contribution in [2.75, 3.05) is 14.2 Å². The van der Waals surface area contributed by atoms with Crippen LogP contribution in [0.4, 0.5) is 0 Å². The lowest BCUT2D eigenvalue weighted by atomic mass is 9.48. The Morgan fingerprint density at radius 1 is 1.08 bits per heavy atom. The van der Waals surface area contributed by atoms with Gasteiger partial charge in [-0.15, -0.1) is 0 Å². The fourth-order valence-corrected chi connectivity index (χ4v) is 6.20. The van der Waals surface area contributed by atoms with Crippen molar-refractivity contribution in [1.29, 1.82) is 0 Å². The molecular formula is C21H29NO3. The Balaban J connectivity index is 1.53. The number of para-hydroxylation sites is 1. The van der Waals surface area contributed by atoms with Crippen molar-refractivity contribution in [3.8, 4) is 11.5 Å². The van der Waals surface area contributed by atoms with Crippen LogP contribution < -0.4 is 14.8 Å². The van der Waals surface area contributed by atoms with Gasteiger partial charge in [0.25, 0.3) is 5.91 Å². The molecule has 4 aliphatic rings. The summed E-state index contributed by atoms with van der Waals surface area (Å²) in [6, 6.07) is 5.66. The lowest BCUT2D eigenvalue weighted by Gasteiger charge is -2.59. The van der Waals surface area contributed by atoms with Gasteiger partial charge in [0.1, 0.15) is 0 Å². The fraction of sp³-hybridized carbons (Fsp3) is 0.667. The molecular weight excluding hydrogens is 314 g/mol. The van der Waals surface area contributed by atoms with Crippen LogP contribution in [-0.2, 0) is 0 Å². The van der Waals surface area contributed by atoms with Gasteiger partial charge in [-0.1, -0.05) is 6.07 Å². The van der Waals surface area contributed by atoms with E-state index in [1.807, 2.05) is 18.2 Å². The molecule has 0 aliphatic heterocycles. The van der Waals surface area contributed by atoms with Gasteiger partial charge in [-0.05, 0) is 80.8 Å². The van der Waals surface area contributed by atoms with E-state index in [1.54, 1.807) is 14.2 Å². The number of ether oxygens (including phenoxy) is 2. The highest BCUT2D eigenvalue weighted by atomic mass is 16.5. The van der Waals surface area contributed by atoms with E-state index in [-0.39, 0.29) is 11.9 Å². The summed E-state index contributed by atoms with van der Waals surface area (Å²) in [5, 5.41) is 3.30. The second-order valence-electron chi connectivity index (χ2n) is 8.52. The third kappa shape index (κ3) is 2.80. The van der Waals surface area contributed by atoms with Crippen molar-refractivity contribution in [3.05, 3.63) is 23.8 Å². The summed E-state index contributed by atoms with van der Waals surface area (Å²) in [5.41, 5.74) is 0.856. The van der Waals surface area contributed by atoms with Gasteiger partial charge in [0, 0.05) is 6.04 Å². The molecule has 0 aromatic heterocycles. The van der Waals surface area contributed by atoms with Gasteiger partial charge < -0.3 is 14.8 Å². The largest absolute Gasteiger partial charge is 0.493 e.